The van der Waals surface area contributed by atoms with Crippen LogP contribution in [0.25, 0.3) is 11.2 Å². The van der Waals surface area contributed by atoms with Gasteiger partial charge in [-0.3, -0.25) is 4.55 Å². The zero-order valence-electron chi connectivity index (χ0n) is 15.2. The third-order valence-corrected chi connectivity index (χ3v) is 5.32. The summed E-state index contributed by atoms with van der Waals surface area (Å²) in [6.45, 7) is 3.15. The molecule has 0 spiro atoms. The molecule has 0 amide bonds. The molecule has 0 saturated carbocycles. The van der Waals surface area contributed by atoms with Crippen LogP contribution in [0.3, 0.4) is 0 Å². The van der Waals surface area contributed by atoms with Crippen molar-refractivity contribution in [1.29, 1.82) is 0 Å². The largest absolute Gasteiger partial charge is 0.378 e. The maximum atomic E-state index is 11.4. The van der Waals surface area contributed by atoms with Crippen LogP contribution in [0.4, 0.5) is 17.3 Å². The van der Waals surface area contributed by atoms with E-state index in [9.17, 15) is 13.0 Å². The van der Waals surface area contributed by atoms with Crippen LogP contribution < -0.4 is 16.0 Å². The zero-order valence-corrected chi connectivity index (χ0v) is 17.6. The van der Waals surface area contributed by atoms with Crippen molar-refractivity contribution in [2.24, 2.45) is 0 Å². The number of hydrogen-bond donors (Lipinski definition) is 4. The van der Waals surface area contributed by atoms with Gasteiger partial charge in [-0.15, -0.1) is 0 Å². The first-order valence-corrected chi connectivity index (χ1v) is 10.7. The van der Waals surface area contributed by atoms with Gasteiger partial charge in [0.15, 0.2) is 11.5 Å². The molecule has 152 valence electrons. The maximum absolute atomic E-state index is 11.4. The Morgan fingerprint density at radius 1 is 1.21 bits per heavy atom. The molecule has 12 heteroatoms. The topological polar surface area (TPSA) is 129 Å². The van der Waals surface area contributed by atoms with Gasteiger partial charge < -0.3 is 16.0 Å². The fourth-order valence-corrected chi connectivity index (χ4v) is 3.63. The summed E-state index contributed by atoms with van der Waals surface area (Å²) in [7, 11) is -4.45. The highest BCUT2D eigenvalue weighted by Gasteiger charge is 2.15. The minimum Gasteiger partial charge on any atom is -0.378 e. The van der Waals surface area contributed by atoms with E-state index in [0.29, 0.717) is 40.0 Å². The molecule has 0 bridgehead atoms. The van der Waals surface area contributed by atoms with E-state index in [1.165, 1.54) is 18.3 Å². The van der Waals surface area contributed by atoms with E-state index in [1.54, 1.807) is 18.2 Å². The Hall–Kier alpha value is -2.60. The summed E-state index contributed by atoms with van der Waals surface area (Å²) >= 11 is 11.0. The van der Waals surface area contributed by atoms with Gasteiger partial charge in [0.25, 0.3) is 10.1 Å². The first kappa shape index (κ1) is 21.1. The molecule has 9 nitrogen and oxygen atoms in total. The average Bonchev–Trinajstić information content (AvgIpc) is 2.67. The number of thiocarbonyl (C=S) groups is 1. The number of nitrogens with one attached hydrogen (secondary N) is 3. The Bertz CT molecular complexity index is 1170. The van der Waals surface area contributed by atoms with Crippen molar-refractivity contribution in [1.82, 2.24) is 20.3 Å². The SMILES string of the molecule is CCNC(=S)CNc1ccc2ncc(Nc3ccc(Cl)c(S(=O)(=O)O)c3)nc2n1. The molecule has 3 aromatic rings. The van der Waals surface area contributed by atoms with Crippen LogP contribution in [0.1, 0.15) is 6.92 Å². The van der Waals surface area contributed by atoms with E-state index >= 15 is 0 Å². The molecule has 2 aromatic heterocycles. The first-order chi connectivity index (χ1) is 13.8. The fraction of sp³-hybridized carbons (Fsp3) is 0.176. The van der Waals surface area contributed by atoms with Gasteiger partial charge in [0.1, 0.15) is 16.2 Å². The van der Waals surface area contributed by atoms with Crippen LogP contribution >= 0.6 is 23.8 Å². The van der Waals surface area contributed by atoms with Crippen molar-refractivity contribution < 1.29 is 13.0 Å². The van der Waals surface area contributed by atoms with Gasteiger partial charge in [0, 0.05) is 12.2 Å². The van der Waals surface area contributed by atoms with Crippen molar-refractivity contribution in [2.45, 2.75) is 11.8 Å². The number of hydrogen-bond acceptors (Lipinski definition) is 8. The smallest absolute Gasteiger partial charge is 0.296 e. The van der Waals surface area contributed by atoms with Gasteiger partial charge in [-0.05, 0) is 37.3 Å². The number of rotatable bonds is 7. The third kappa shape index (κ3) is 5.48. The Morgan fingerprint density at radius 3 is 2.69 bits per heavy atom. The number of likely N-dealkylation sites (N-methyl/N-ethyl adjacent to an activating group) is 1. The van der Waals surface area contributed by atoms with Crippen LogP contribution in [0.15, 0.2) is 41.4 Å². The molecule has 0 saturated heterocycles. The number of benzene rings is 1. The minimum absolute atomic E-state index is 0.0875. The maximum Gasteiger partial charge on any atom is 0.296 e. The van der Waals surface area contributed by atoms with Gasteiger partial charge in [-0.25, -0.2) is 15.0 Å². The second-order valence-corrected chi connectivity index (χ2v) is 8.14. The van der Waals surface area contributed by atoms with E-state index in [2.05, 4.69) is 30.9 Å². The normalized spacial score (nSPS) is 11.3. The van der Waals surface area contributed by atoms with Crippen molar-refractivity contribution in [3.63, 3.8) is 0 Å². The molecule has 0 atom stereocenters. The van der Waals surface area contributed by atoms with Crippen LogP contribution in [0.5, 0.6) is 0 Å². The van der Waals surface area contributed by atoms with Crippen molar-refractivity contribution in [2.75, 3.05) is 23.7 Å². The summed E-state index contributed by atoms with van der Waals surface area (Å²) < 4.78 is 32.1. The molecule has 0 radical (unpaired) electrons. The highest BCUT2D eigenvalue weighted by atomic mass is 35.5. The van der Waals surface area contributed by atoms with E-state index in [-0.39, 0.29) is 5.02 Å². The lowest BCUT2D eigenvalue weighted by molar-refractivity contribution is 0.483. The molecule has 0 unspecified atom stereocenters. The Labute approximate surface area is 177 Å². The quantitative estimate of drug-likeness (QED) is 0.313. The number of anilines is 3. The summed E-state index contributed by atoms with van der Waals surface area (Å²) in [6.07, 6.45) is 1.49. The van der Waals surface area contributed by atoms with Crippen molar-refractivity contribution >= 4 is 67.4 Å². The summed E-state index contributed by atoms with van der Waals surface area (Å²) in [6, 6.07) is 7.66. The zero-order chi connectivity index (χ0) is 21.0. The lowest BCUT2D eigenvalue weighted by Gasteiger charge is -2.10. The summed E-state index contributed by atoms with van der Waals surface area (Å²) in [5, 5.41) is 8.99. The first-order valence-electron chi connectivity index (χ1n) is 8.44. The predicted octanol–water partition coefficient (Wildman–Crippen LogP) is 3.02. The molecular weight excluding hydrogens is 436 g/mol. The Kier molecular flexibility index (Phi) is 6.42. The molecule has 29 heavy (non-hydrogen) atoms. The van der Waals surface area contributed by atoms with E-state index in [0.717, 1.165) is 6.54 Å². The van der Waals surface area contributed by atoms with Gasteiger partial charge in [-0.2, -0.15) is 8.42 Å². The molecule has 4 N–H and O–H groups in total. The van der Waals surface area contributed by atoms with E-state index < -0.39 is 15.0 Å². The van der Waals surface area contributed by atoms with E-state index in [4.69, 9.17) is 23.8 Å². The molecule has 2 heterocycles. The molecule has 0 fully saturated rings. The highest BCUT2D eigenvalue weighted by molar-refractivity contribution is 7.86. The van der Waals surface area contributed by atoms with Gasteiger partial charge in [0.2, 0.25) is 0 Å². The number of fused-ring (bicyclic) bond motifs is 1. The van der Waals surface area contributed by atoms with Crippen molar-refractivity contribution in [3.8, 4) is 0 Å². The Morgan fingerprint density at radius 2 is 1.97 bits per heavy atom. The Balaban J connectivity index is 1.83. The summed E-state index contributed by atoms with van der Waals surface area (Å²) in [5.41, 5.74) is 1.34. The summed E-state index contributed by atoms with van der Waals surface area (Å²) in [5.74, 6) is 0.929. The fourth-order valence-electron chi connectivity index (χ4n) is 2.41. The average molecular weight is 453 g/mol. The molecule has 0 aliphatic rings. The molecule has 3 rings (SSSR count). The van der Waals surface area contributed by atoms with Crippen molar-refractivity contribution in [3.05, 3.63) is 41.6 Å². The van der Waals surface area contributed by atoms with Crippen LogP contribution in [0, 0.1) is 0 Å². The number of nitrogens with zero attached hydrogens (tertiary/aromatic N) is 3. The van der Waals surface area contributed by atoms with Crippen LogP contribution in [-0.2, 0) is 10.1 Å². The van der Waals surface area contributed by atoms with Crippen LogP contribution in [-0.4, -0.2) is 46.0 Å². The lowest BCUT2D eigenvalue weighted by atomic mass is 10.3. The highest BCUT2D eigenvalue weighted by Crippen LogP contribution is 2.26. The van der Waals surface area contributed by atoms with Gasteiger partial charge in [0.05, 0.1) is 22.8 Å². The van der Waals surface area contributed by atoms with Gasteiger partial charge >= 0.3 is 0 Å². The third-order valence-electron chi connectivity index (χ3n) is 3.69. The molecule has 1 aromatic carbocycles. The monoisotopic (exact) mass is 452 g/mol. The second-order valence-electron chi connectivity index (χ2n) is 5.85. The molecule has 0 aliphatic heterocycles. The molecular formula is C17H17ClN6O3S2. The van der Waals surface area contributed by atoms with Gasteiger partial charge in [-0.1, -0.05) is 23.8 Å². The summed E-state index contributed by atoms with van der Waals surface area (Å²) in [4.78, 5) is 13.4. The lowest BCUT2D eigenvalue weighted by Crippen LogP contribution is -2.27. The van der Waals surface area contributed by atoms with Crippen LogP contribution in [0.2, 0.25) is 5.02 Å². The second kappa shape index (κ2) is 8.82. The number of aromatic nitrogens is 3. The van der Waals surface area contributed by atoms with E-state index in [1.807, 2.05) is 6.92 Å². The number of halogens is 1. The standard InChI is InChI=1S/C17H17ClN6O3S2/c1-2-19-16(28)9-21-14-6-5-12-17(23-14)24-15(8-20-12)22-10-3-4-11(18)13(7-10)29(25,26)27/h3-8H,2,9H2,1H3,(H,19,28)(H,25,26,27)(H2,21,22,23,24). The molecule has 0 aliphatic carbocycles. The predicted molar refractivity (Wildman–Crippen MR) is 117 cm³/mol. The minimum atomic E-state index is -4.45. The number of pyridine rings is 1.